The van der Waals surface area contributed by atoms with Crippen molar-refractivity contribution in [1.29, 1.82) is 5.26 Å². The molecule has 1 atom stereocenters. The number of pyridine rings is 1. The number of nitriles is 1. The summed E-state index contributed by atoms with van der Waals surface area (Å²) in [6, 6.07) is 2.49. The minimum atomic E-state index is -4.56. The molecule has 1 saturated carbocycles. The number of ether oxygens (including phenoxy) is 1. The van der Waals surface area contributed by atoms with Crippen molar-refractivity contribution in [3.05, 3.63) is 23.5 Å². The molecule has 2 fully saturated rings. The predicted octanol–water partition coefficient (Wildman–Crippen LogP) is 2.49. The molecule has 1 aromatic heterocycles. The van der Waals surface area contributed by atoms with Crippen molar-refractivity contribution >= 4 is 0 Å². The van der Waals surface area contributed by atoms with E-state index in [1.807, 2.05) is 0 Å². The Morgan fingerprint density at radius 1 is 1.43 bits per heavy atom. The Morgan fingerprint density at radius 2 is 2.19 bits per heavy atom. The lowest BCUT2D eigenvalue weighted by Crippen LogP contribution is -2.52. The first kappa shape index (κ1) is 14.1. The minimum Gasteiger partial charge on any atom is -0.487 e. The van der Waals surface area contributed by atoms with Gasteiger partial charge in [0, 0.05) is 13.1 Å². The van der Waals surface area contributed by atoms with Crippen LogP contribution in [0.15, 0.2) is 12.3 Å². The molecule has 0 radical (unpaired) electrons. The zero-order valence-corrected chi connectivity index (χ0v) is 11.2. The molecule has 4 nitrogen and oxygen atoms in total. The fraction of sp³-hybridized carbons (Fsp3) is 0.571. The average molecular weight is 297 g/mol. The molecule has 112 valence electrons. The van der Waals surface area contributed by atoms with Gasteiger partial charge in [-0.2, -0.15) is 18.4 Å². The van der Waals surface area contributed by atoms with E-state index in [1.54, 1.807) is 6.07 Å². The zero-order chi connectivity index (χ0) is 15.1. The highest BCUT2D eigenvalue weighted by atomic mass is 19.4. The van der Waals surface area contributed by atoms with Gasteiger partial charge in [0.25, 0.3) is 0 Å². The number of hydrogen-bond acceptors (Lipinski definition) is 4. The number of aromatic nitrogens is 1. The van der Waals surface area contributed by atoms with Gasteiger partial charge in [-0.05, 0) is 30.7 Å². The first-order valence-electron chi connectivity index (χ1n) is 6.77. The fourth-order valence-electron chi connectivity index (χ4n) is 3.01. The largest absolute Gasteiger partial charge is 0.487 e. The van der Waals surface area contributed by atoms with Gasteiger partial charge in [-0.3, -0.25) is 0 Å². The molecule has 3 rings (SSSR count). The van der Waals surface area contributed by atoms with Crippen molar-refractivity contribution in [2.45, 2.75) is 31.5 Å². The maximum atomic E-state index is 12.6. The maximum absolute atomic E-state index is 12.6. The number of nitrogens with one attached hydrogen (secondary N) is 1. The molecule has 1 saturated heterocycles. The highest BCUT2D eigenvalue weighted by Crippen LogP contribution is 2.43. The van der Waals surface area contributed by atoms with E-state index in [2.05, 4.69) is 10.3 Å². The average Bonchev–Trinajstić information content (AvgIpc) is 2.82. The lowest BCUT2D eigenvalue weighted by molar-refractivity contribution is -0.141. The first-order chi connectivity index (χ1) is 9.92. The van der Waals surface area contributed by atoms with E-state index in [0.29, 0.717) is 0 Å². The van der Waals surface area contributed by atoms with Crippen LogP contribution in [-0.2, 0) is 6.18 Å². The molecule has 0 unspecified atom stereocenters. The SMILES string of the molecule is N#Cc1cc(C(F)(F)F)ncc1O[C@H]1CCC2(CNC2)C1. The molecule has 0 amide bonds. The summed E-state index contributed by atoms with van der Waals surface area (Å²) in [7, 11) is 0. The summed E-state index contributed by atoms with van der Waals surface area (Å²) in [5.74, 6) is 0.139. The maximum Gasteiger partial charge on any atom is 0.433 e. The first-order valence-corrected chi connectivity index (χ1v) is 6.77. The molecule has 0 aromatic carbocycles. The number of rotatable bonds is 2. The Balaban J connectivity index is 1.75. The topological polar surface area (TPSA) is 57.9 Å². The molecule has 1 aliphatic heterocycles. The summed E-state index contributed by atoms with van der Waals surface area (Å²) in [6.45, 7) is 1.92. The van der Waals surface area contributed by atoms with Crippen molar-refractivity contribution in [1.82, 2.24) is 10.3 Å². The van der Waals surface area contributed by atoms with Gasteiger partial charge < -0.3 is 10.1 Å². The van der Waals surface area contributed by atoms with Crippen LogP contribution < -0.4 is 10.1 Å². The van der Waals surface area contributed by atoms with Gasteiger partial charge in [-0.25, -0.2) is 4.98 Å². The van der Waals surface area contributed by atoms with Gasteiger partial charge in [-0.1, -0.05) is 0 Å². The summed E-state index contributed by atoms with van der Waals surface area (Å²) >= 11 is 0. The molecular weight excluding hydrogens is 283 g/mol. The molecular formula is C14H14F3N3O. The molecule has 2 aliphatic rings. The number of hydrogen-bond donors (Lipinski definition) is 1. The van der Waals surface area contributed by atoms with Gasteiger partial charge in [0.1, 0.15) is 11.8 Å². The Hall–Kier alpha value is -1.81. The van der Waals surface area contributed by atoms with E-state index in [0.717, 1.165) is 44.6 Å². The molecule has 1 aromatic rings. The van der Waals surface area contributed by atoms with Gasteiger partial charge >= 0.3 is 6.18 Å². The lowest BCUT2D eigenvalue weighted by atomic mass is 9.80. The van der Waals surface area contributed by atoms with Gasteiger partial charge in [0.2, 0.25) is 0 Å². The highest BCUT2D eigenvalue weighted by molar-refractivity contribution is 5.43. The molecule has 1 aliphatic carbocycles. The van der Waals surface area contributed by atoms with Crippen molar-refractivity contribution in [3.8, 4) is 11.8 Å². The van der Waals surface area contributed by atoms with E-state index in [9.17, 15) is 13.2 Å². The molecule has 7 heteroatoms. The Morgan fingerprint density at radius 3 is 2.71 bits per heavy atom. The van der Waals surface area contributed by atoms with Gasteiger partial charge in [0.05, 0.1) is 17.9 Å². The molecule has 0 bridgehead atoms. The Kier molecular flexibility index (Phi) is 3.29. The second kappa shape index (κ2) is 4.88. The Bertz CT molecular complexity index is 590. The monoisotopic (exact) mass is 297 g/mol. The predicted molar refractivity (Wildman–Crippen MR) is 67.5 cm³/mol. The molecule has 1 N–H and O–H groups in total. The Labute approximate surface area is 119 Å². The third-order valence-corrected chi connectivity index (χ3v) is 4.23. The minimum absolute atomic E-state index is 0.0577. The number of alkyl halides is 3. The summed E-state index contributed by atoms with van der Waals surface area (Å²) in [6.07, 6.45) is -0.845. The normalized spacial score (nSPS) is 23.6. The van der Waals surface area contributed by atoms with Crippen molar-refractivity contribution in [3.63, 3.8) is 0 Å². The van der Waals surface area contributed by atoms with E-state index < -0.39 is 11.9 Å². The smallest absolute Gasteiger partial charge is 0.433 e. The second-order valence-corrected chi connectivity index (χ2v) is 5.76. The molecule has 21 heavy (non-hydrogen) atoms. The van der Waals surface area contributed by atoms with Crippen LogP contribution in [0.2, 0.25) is 0 Å². The standard InChI is InChI=1S/C14H14F3N3O/c15-14(16,17)12-3-9(5-18)11(6-20-12)21-10-1-2-13(4-10)7-19-8-13/h3,6,10,19H,1-2,4,7-8H2/t10-/m0/s1. The number of nitrogens with zero attached hydrogens (tertiary/aromatic N) is 2. The van der Waals surface area contributed by atoms with Crippen LogP contribution in [0.4, 0.5) is 13.2 Å². The van der Waals surface area contributed by atoms with E-state index in [4.69, 9.17) is 10.00 Å². The lowest BCUT2D eigenvalue weighted by Gasteiger charge is -2.39. The van der Waals surface area contributed by atoms with Crippen LogP contribution >= 0.6 is 0 Å². The van der Waals surface area contributed by atoms with Crippen molar-refractivity contribution in [2.75, 3.05) is 13.1 Å². The van der Waals surface area contributed by atoms with Crippen LogP contribution in [0.5, 0.6) is 5.75 Å². The quantitative estimate of drug-likeness (QED) is 0.911. The van der Waals surface area contributed by atoms with Crippen molar-refractivity contribution < 1.29 is 17.9 Å². The second-order valence-electron chi connectivity index (χ2n) is 5.76. The van der Waals surface area contributed by atoms with E-state index >= 15 is 0 Å². The van der Waals surface area contributed by atoms with Gasteiger partial charge in [0.15, 0.2) is 5.75 Å². The van der Waals surface area contributed by atoms with Crippen molar-refractivity contribution in [2.24, 2.45) is 5.41 Å². The fourth-order valence-corrected chi connectivity index (χ4v) is 3.01. The van der Waals surface area contributed by atoms with Crippen LogP contribution in [-0.4, -0.2) is 24.2 Å². The summed E-state index contributed by atoms with van der Waals surface area (Å²) in [5.41, 5.74) is -0.918. The van der Waals surface area contributed by atoms with E-state index in [1.165, 1.54) is 0 Å². The highest BCUT2D eigenvalue weighted by Gasteiger charge is 2.44. The number of halogens is 3. The molecule has 2 heterocycles. The summed E-state index contributed by atoms with van der Waals surface area (Å²) < 4.78 is 43.4. The third kappa shape index (κ3) is 2.68. The van der Waals surface area contributed by atoms with Crippen LogP contribution in [0, 0.1) is 16.7 Å². The van der Waals surface area contributed by atoms with E-state index in [-0.39, 0.29) is 22.8 Å². The van der Waals surface area contributed by atoms with Crippen LogP contribution in [0.1, 0.15) is 30.5 Å². The summed E-state index contributed by atoms with van der Waals surface area (Å²) in [4.78, 5) is 3.36. The zero-order valence-electron chi connectivity index (χ0n) is 11.2. The van der Waals surface area contributed by atoms with Crippen LogP contribution in [0.25, 0.3) is 0 Å². The van der Waals surface area contributed by atoms with Gasteiger partial charge in [-0.15, -0.1) is 0 Å². The molecule has 1 spiro atoms. The van der Waals surface area contributed by atoms with Crippen LogP contribution in [0.3, 0.4) is 0 Å². The summed E-state index contributed by atoms with van der Waals surface area (Å²) in [5, 5.41) is 12.2. The third-order valence-electron chi connectivity index (χ3n) is 4.23.